The number of methoxy groups -OCH3 is 1. The predicted molar refractivity (Wildman–Crippen MR) is 101 cm³/mol. The van der Waals surface area contributed by atoms with Gasteiger partial charge in [0.25, 0.3) is 0 Å². The van der Waals surface area contributed by atoms with E-state index in [4.69, 9.17) is 14.2 Å². The molecule has 1 N–H and O–H groups in total. The van der Waals surface area contributed by atoms with Crippen LogP contribution in [0.5, 0.6) is 11.5 Å². The molecule has 1 aromatic rings. The van der Waals surface area contributed by atoms with Crippen LogP contribution in [0.2, 0.25) is 0 Å². The van der Waals surface area contributed by atoms with Gasteiger partial charge in [0.1, 0.15) is 12.7 Å². The summed E-state index contributed by atoms with van der Waals surface area (Å²) in [7, 11) is 1.65. The van der Waals surface area contributed by atoms with E-state index in [2.05, 4.69) is 15.9 Å². The first-order valence-corrected chi connectivity index (χ1v) is 9.75. The summed E-state index contributed by atoms with van der Waals surface area (Å²) < 4.78 is 16.7. The zero-order valence-electron chi connectivity index (χ0n) is 15.9. The highest BCUT2D eigenvalue weighted by molar-refractivity contribution is 5.43. The minimum atomic E-state index is -0.485. The van der Waals surface area contributed by atoms with Crippen LogP contribution < -0.4 is 9.47 Å². The molecule has 0 amide bonds. The lowest BCUT2D eigenvalue weighted by molar-refractivity contribution is 0.0341. The van der Waals surface area contributed by atoms with Gasteiger partial charge in [-0.2, -0.15) is 0 Å². The average Bonchev–Trinajstić information content (AvgIpc) is 2.68. The fourth-order valence-corrected chi connectivity index (χ4v) is 3.63. The Morgan fingerprint density at radius 3 is 2.54 bits per heavy atom. The molecule has 0 bridgehead atoms. The van der Waals surface area contributed by atoms with Gasteiger partial charge in [-0.25, -0.2) is 0 Å². The van der Waals surface area contributed by atoms with Gasteiger partial charge in [-0.05, 0) is 43.6 Å². The van der Waals surface area contributed by atoms with E-state index >= 15 is 0 Å². The lowest BCUT2D eigenvalue weighted by Gasteiger charge is -2.28. The highest BCUT2D eigenvalue weighted by Gasteiger charge is 2.17. The topological polar surface area (TPSA) is 54.4 Å². The number of hydrogen-bond donors (Lipinski definition) is 1. The van der Waals surface area contributed by atoms with E-state index < -0.39 is 6.10 Å². The predicted octanol–water partition coefficient (Wildman–Crippen LogP) is 1.75. The number of nitrogens with zero attached hydrogens (tertiary/aromatic N) is 2. The molecule has 0 aliphatic carbocycles. The van der Waals surface area contributed by atoms with E-state index in [1.807, 2.05) is 12.1 Å². The highest BCUT2D eigenvalue weighted by Crippen LogP contribution is 2.29. The monoisotopic (exact) mass is 364 g/mol. The molecule has 2 fully saturated rings. The Bertz CT molecular complexity index is 543. The van der Waals surface area contributed by atoms with Crippen molar-refractivity contribution in [2.45, 2.75) is 31.9 Å². The maximum Gasteiger partial charge on any atom is 0.161 e. The molecule has 6 nitrogen and oxygen atoms in total. The Hall–Kier alpha value is -1.34. The summed E-state index contributed by atoms with van der Waals surface area (Å²) in [6.45, 7) is 7.49. The molecule has 1 aromatic carbocycles. The van der Waals surface area contributed by atoms with E-state index in [-0.39, 0.29) is 6.61 Å². The molecule has 2 heterocycles. The lowest BCUT2D eigenvalue weighted by Crippen LogP contribution is -2.38. The van der Waals surface area contributed by atoms with Crippen LogP contribution in [0.3, 0.4) is 0 Å². The molecule has 0 radical (unpaired) electrons. The van der Waals surface area contributed by atoms with Gasteiger partial charge in [-0.15, -0.1) is 0 Å². The maximum atomic E-state index is 10.3. The molecule has 0 spiro atoms. The van der Waals surface area contributed by atoms with Crippen LogP contribution in [-0.4, -0.2) is 80.7 Å². The van der Waals surface area contributed by atoms with Gasteiger partial charge in [0.15, 0.2) is 11.5 Å². The Kier molecular flexibility index (Phi) is 7.55. The number of aliphatic hydroxyl groups excluding tert-OH is 1. The van der Waals surface area contributed by atoms with Crippen molar-refractivity contribution in [3.8, 4) is 11.5 Å². The molecular formula is C20H32N2O4. The molecule has 2 aliphatic rings. The van der Waals surface area contributed by atoms with Crippen LogP contribution in [-0.2, 0) is 11.3 Å². The number of hydrogen-bond acceptors (Lipinski definition) is 6. The third-order valence-electron chi connectivity index (χ3n) is 5.09. The molecule has 1 atom stereocenters. The first-order valence-electron chi connectivity index (χ1n) is 9.75. The molecule has 1 unspecified atom stereocenters. The molecule has 0 aromatic heterocycles. The Balaban J connectivity index is 1.53. The molecule has 0 saturated carbocycles. The summed E-state index contributed by atoms with van der Waals surface area (Å²) in [6, 6.07) is 6.05. The van der Waals surface area contributed by atoms with E-state index in [0.29, 0.717) is 18.0 Å². The van der Waals surface area contributed by atoms with Crippen molar-refractivity contribution < 1.29 is 19.3 Å². The largest absolute Gasteiger partial charge is 0.493 e. The smallest absolute Gasteiger partial charge is 0.161 e. The zero-order chi connectivity index (χ0) is 18.2. The second-order valence-corrected chi connectivity index (χ2v) is 7.20. The van der Waals surface area contributed by atoms with Crippen molar-refractivity contribution in [1.82, 2.24) is 9.80 Å². The fraction of sp³-hybridized carbons (Fsp3) is 0.700. The number of β-amino-alcohol motifs (C(OH)–C–C–N with tert-alkyl or cyclic N) is 1. The van der Waals surface area contributed by atoms with Crippen molar-refractivity contribution in [3.05, 3.63) is 23.8 Å². The van der Waals surface area contributed by atoms with E-state index in [0.717, 1.165) is 45.9 Å². The number of piperidine rings is 1. The average molecular weight is 364 g/mol. The van der Waals surface area contributed by atoms with Gasteiger partial charge in [-0.3, -0.25) is 4.90 Å². The van der Waals surface area contributed by atoms with Crippen LogP contribution in [0.25, 0.3) is 0 Å². The van der Waals surface area contributed by atoms with Crippen LogP contribution in [0, 0.1) is 0 Å². The van der Waals surface area contributed by atoms with Crippen LogP contribution in [0.15, 0.2) is 18.2 Å². The van der Waals surface area contributed by atoms with Crippen molar-refractivity contribution in [3.63, 3.8) is 0 Å². The van der Waals surface area contributed by atoms with Crippen LogP contribution in [0.1, 0.15) is 24.8 Å². The summed E-state index contributed by atoms with van der Waals surface area (Å²) in [5.74, 6) is 1.41. The van der Waals surface area contributed by atoms with Gasteiger partial charge >= 0.3 is 0 Å². The van der Waals surface area contributed by atoms with Crippen LogP contribution >= 0.6 is 0 Å². The Morgan fingerprint density at radius 2 is 1.81 bits per heavy atom. The van der Waals surface area contributed by atoms with Gasteiger partial charge in [-0.1, -0.05) is 12.5 Å². The van der Waals surface area contributed by atoms with Crippen molar-refractivity contribution in [2.75, 3.05) is 59.7 Å². The van der Waals surface area contributed by atoms with Gasteiger partial charge < -0.3 is 24.2 Å². The Morgan fingerprint density at radius 1 is 1.04 bits per heavy atom. The minimum absolute atomic E-state index is 0.286. The maximum absolute atomic E-state index is 10.3. The molecule has 26 heavy (non-hydrogen) atoms. The van der Waals surface area contributed by atoms with Crippen molar-refractivity contribution in [1.29, 1.82) is 0 Å². The summed E-state index contributed by atoms with van der Waals surface area (Å²) in [5, 5.41) is 10.3. The number of ether oxygens (including phenoxy) is 3. The third kappa shape index (κ3) is 5.84. The normalized spacial score (nSPS) is 20.7. The second kappa shape index (κ2) is 10.1. The summed E-state index contributed by atoms with van der Waals surface area (Å²) in [5.41, 5.74) is 1.19. The van der Waals surface area contributed by atoms with Crippen molar-refractivity contribution in [2.24, 2.45) is 0 Å². The number of likely N-dealkylation sites (tertiary alicyclic amines) is 1. The molecule has 6 heteroatoms. The SMILES string of the molecule is COc1ccc(CN2CCOCC2)cc1OCC(O)CN1CCCCC1. The van der Waals surface area contributed by atoms with E-state index in [9.17, 15) is 5.11 Å². The van der Waals surface area contributed by atoms with E-state index in [1.165, 1.54) is 24.8 Å². The summed E-state index contributed by atoms with van der Waals surface area (Å²) in [6.07, 6.45) is 3.27. The summed E-state index contributed by atoms with van der Waals surface area (Å²) >= 11 is 0. The van der Waals surface area contributed by atoms with Gasteiger partial charge in [0.05, 0.1) is 20.3 Å². The van der Waals surface area contributed by atoms with Gasteiger partial charge in [0.2, 0.25) is 0 Å². The number of morpholine rings is 1. The first-order chi connectivity index (χ1) is 12.7. The third-order valence-corrected chi connectivity index (χ3v) is 5.09. The quantitative estimate of drug-likeness (QED) is 0.759. The lowest BCUT2D eigenvalue weighted by atomic mass is 10.1. The highest BCUT2D eigenvalue weighted by atomic mass is 16.5. The number of aliphatic hydroxyl groups is 1. The number of rotatable bonds is 8. The van der Waals surface area contributed by atoms with E-state index in [1.54, 1.807) is 7.11 Å². The molecule has 146 valence electrons. The van der Waals surface area contributed by atoms with Crippen molar-refractivity contribution >= 4 is 0 Å². The standard InChI is InChI=1S/C20H32N2O4/c1-24-19-6-5-17(14-22-9-11-25-12-10-22)13-20(19)26-16-18(23)15-21-7-3-2-4-8-21/h5-6,13,18,23H,2-4,7-12,14-16H2,1H3. The second-order valence-electron chi connectivity index (χ2n) is 7.20. The molecule has 2 saturated heterocycles. The summed E-state index contributed by atoms with van der Waals surface area (Å²) in [4.78, 5) is 4.70. The fourth-order valence-electron chi connectivity index (χ4n) is 3.63. The molecule has 3 rings (SSSR count). The van der Waals surface area contributed by atoms with Crippen LogP contribution in [0.4, 0.5) is 0 Å². The first kappa shape index (κ1) is 19.4. The molecular weight excluding hydrogens is 332 g/mol. The zero-order valence-corrected chi connectivity index (χ0v) is 15.9. The number of benzene rings is 1. The minimum Gasteiger partial charge on any atom is -0.493 e. The molecule has 2 aliphatic heterocycles. The Labute approximate surface area is 156 Å². The van der Waals surface area contributed by atoms with Gasteiger partial charge in [0, 0.05) is 26.2 Å².